The molecule has 0 aromatic heterocycles. The third-order valence-corrected chi connectivity index (χ3v) is 6.44. The van der Waals surface area contributed by atoms with E-state index in [-0.39, 0.29) is 4.90 Å². The lowest BCUT2D eigenvalue weighted by Crippen LogP contribution is -2.43. The first kappa shape index (κ1) is 19.7. The second kappa shape index (κ2) is 8.41. The summed E-state index contributed by atoms with van der Waals surface area (Å²) in [5.74, 6) is 0. The van der Waals surface area contributed by atoms with Gasteiger partial charge in [-0.3, -0.25) is 0 Å². The van der Waals surface area contributed by atoms with Gasteiger partial charge in [0.1, 0.15) is 0 Å². The highest BCUT2D eigenvalue weighted by atomic mass is 35.5. The summed E-state index contributed by atoms with van der Waals surface area (Å²) in [6, 6.07) is 18.2. The highest BCUT2D eigenvalue weighted by molar-refractivity contribution is 7.89. The molecule has 0 radical (unpaired) electrons. The Labute approximate surface area is 175 Å². The van der Waals surface area contributed by atoms with Crippen molar-refractivity contribution in [2.45, 2.75) is 4.90 Å². The molecule has 1 aliphatic heterocycles. The summed E-state index contributed by atoms with van der Waals surface area (Å²) in [4.78, 5) is 4.67. The largest absolute Gasteiger partial charge is 0.368 e. The molecule has 3 aromatic carbocycles. The Morgan fingerprint density at radius 1 is 1.00 bits per heavy atom. The fourth-order valence-electron chi connectivity index (χ4n) is 3.38. The SMILES string of the molecule is O=S(=O)(NN=Cc1c(Cl)cccc1N1CCNCC1)c1ccc2ccccc2c1. The van der Waals surface area contributed by atoms with Crippen LogP contribution in [0.3, 0.4) is 0 Å². The van der Waals surface area contributed by atoms with E-state index in [1.54, 1.807) is 24.3 Å². The minimum atomic E-state index is -3.79. The van der Waals surface area contributed by atoms with Crippen molar-refractivity contribution < 1.29 is 8.42 Å². The number of hydrogen-bond acceptors (Lipinski definition) is 5. The lowest BCUT2D eigenvalue weighted by molar-refractivity contribution is 0.584. The summed E-state index contributed by atoms with van der Waals surface area (Å²) in [6.07, 6.45) is 1.47. The first-order valence-electron chi connectivity index (χ1n) is 9.32. The number of halogens is 1. The molecule has 3 aromatic rings. The minimum Gasteiger partial charge on any atom is -0.368 e. The Balaban J connectivity index is 1.57. The van der Waals surface area contributed by atoms with E-state index in [2.05, 4.69) is 20.1 Å². The number of sulfonamides is 1. The predicted octanol–water partition coefficient (Wildman–Crippen LogP) is 3.22. The van der Waals surface area contributed by atoms with Crippen LogP contribution in [0, 0.1) is 0 Å². The average molecular weight is 429 g/mol. The standard InChI is InChI=1S/C21H21ClN4O2S/c22-20-6-3-7-21(26-12-10-23-11-13-26)19(20)15-24-25-29(27,28)18-9-8-16-4-1-2-5-17(16)14-18/h1-9,14-15,23,25H,10-13H2. The number of anilines is 1. The molecule has 6 nitrogen and oxygen atoms in total. The Morgan fingerprint density at radius 2 is 1.76 bits per heavy atom. The van der Waals surface area contributed by atoms with Gasteiger partial charge < -0.3 is 10.2 Å². The molecule has 150 valence electrons. The highest BCUT2D eigenvalue weighted by Crippen LogP contribution is 2.26. The molecule has 0 atom stereocenters. The summed E-state index contributed by atoms with van der Waals surface area (Å²) < 4.78 is 25.3. The monoisotopic (exact) mass is 428 g/mol. The van der Waals surface area contributed by atoms with Crippen LogP contribution >= 0.6 is 11.6 Å². The van der Waals surface area contributed by atoms with Crippen LogP contribution < -0.4 is 15.0 Å². The maximum absolute atomic E-state index is 12.7. The summed E-state index contributed by atoms with van der Waals surface area (Å²) in [7, 11) is -3.79. The molecule has 0 spiro atoms. The molecule has 1 heterocycles. The van der Waals surface area contributed by atoms with Crippen molar-refractivity contribution >= 4 is 44.3 Å². The number of hydrogen-bond donors (Lipinski definition) is 2. The van der Waals surface area contributed by atoms with Crippen molar-refractivity contribution in [1.29, 1.82) is 0 Å². The number of hydrazone groups is 1. The first-order chi connectivity index (χ1) is 14.0. The van der Waals surface area contributed by atoms with Gasteiger partial charge in [-0.1, -0.05) is 48.0 Å². The molecule has 1 aliphatic rings. The Bertz CT molecular complexity index is 1160. The number of piperazine rings is 1. The Hall–Kier alpha value is -2.61. The number of nitrogens with zero attached hydrogens (tertiary/aromatic N) is 2. The van der Waals surface area contributed by atoms with E-state index in [4.69, 9.17) is 11.6 Å². The maximum Gasteiger partial charge on any atom is 0.276 e. The summed E-state index contributed by atoms with van der Waals surface area (Å²) in [5.41, 5.74) is 1.63. The lowest BCUT2D eigenvalue weighted by Gasteiger charge is -2.30. The van der Waals surface area contributed by atoms with Gasteiger partial charge >= 0.3 is 0 Å². The van der Waals surface area contributed by atoms with Crippen LogP contribution in [0.25, 0.3) is 10.8 Å². The van der Waals surface area contributed by atoms with Gasteiger partial charge in [0.05, 0.1) is 16.1 Å². The number of nitrogens with one attached hydrogen (secondary N) is 2. The van der Waals surface area contributed by atoms with Crippen LogP contribution in [-0.4, -0.2) is 40.8 Å². The quantitative estimate of drug-likeness (QED) is 0.483. The smallest absolute Gasteiger partial charge is 0.276 e. The van der Waals surface area contributed by atoms with E-state index in [0.29, 0.717) is 10.6 Å². The normalized spacial score (nSPS) is 15.1. The summed E-state index contributed by atoms with van der Waals surface area (Å²) in [5, 5.41) is 9.66. The van der Waals surface area contributed by atoms with E-state index >= 15 is 0 Å². The van der Waals surface area contributed by atoms with Crippen LogP contribution in [-0.2, 0) is 10.0 Å². The molecule has 1 fully saturated rings. The van der Waals surface area contributed by atoms with Crippen molar-refractivity contribution in [3.63, 3.8) is 0 Å². The fraction of sp³-hybridized carbons (Fsp3) is 0.190. The first-order valence-corrected chi connectivity index (χ1v) is 11.2. The van der Waals surface area contributed by atoms with E-state index in [9.17, 15) is 8.42 Å². The van der Waals surface area contributed by atoms with Crippen LogP contribution in [0.2, 0.25) is 5.02 Å². The van der Waals surface area contributed by atoms with E-state index in [1.807, 2.05) is 36.4 Å². The molecule has 0 unspecified atom stereocenters. The van der Waals surface area contributed by atoms with Crippen molar-refractivity contribution in [1.82, 2.24) is 10.1 Å². The van der Waals surface area contributed by atoms with Gasteiger partial charge in [0.2, 0.25) is 0 Å². The van der Waals surface area contributed by atoms with E-state index in [0.717, 1.165) is 42.6 Å². The van der Waals surface area contributed by atoms with Gasteiger partial charge in [0.25, 0.3) is 10.0 Å². The average Bonchev–Trinajstić information content (AvgIpc) is 2.75. The molecule has 0 amide bonds. The van der Waals surface area contributed by atoms with Crippen molar-refractivity contribution in [3.05, 3.63) is 71.2 Å². The van der Waals surface area contributed by atoms with Gasteiger partial charge in [-0.15, -0.1) is 0 Å². The highest BCUT2D eigenvalue weighted by Gasteiger charge is 2.16. The summed E-state index contributed by atoms with van der Waals surface area (Å²) >= 11 is 6.37. The second-order valence-electron chi connectivity index (χ2n) is 6.77. The third kappa shape index (κ3) is 4.37. The molecule has 0 aliphatic carbocycles. The predicted molar refractivity (Wildman–Crippen MR) is 118 cm³/mol. The second-order valence-corrected chi connectivity index (χ2v) is 8.84. The Kier molecular flexibility index (Phi) is 5.71. The van der Waals surface area contributed by atoms with Crippen LogP contribution in [0.15, 0.2) is 70.7 Å². The zero-order valence-electron chi connectivity index (χ0n) is 15.7. The lowest BCUT2D eigenvalue weighted by atomic mass is 10.1. The van der Waals surface area contributed by atoms with Crippen molar-refractivity contribution in [2.75, 3.05) is 31.1 Å². The topological polar surface area (TPSA) is 73.8 Å². The molecule has 8 heteroatoms. The number of fused-ring (bicyclic) bond motifs is 1. The maximum atomic E-state index is 12.7. The van der Waals surface area contributed by atoms with E-state index < -0.39 is 10.0 Å². The zero-order chi connectivity index (χ0) is 20.3. The molecule has 2 N–H and O–H groups in total. The molecule has 0 saturated carbocycles. The van der Waals surface area contributed by atoms with Crippen LogP contribution in [0.4, 0.5) is 5.69 Å². The summed E-state index contributed by atoms with van der Waals surface area (Å²) in [6.45, 7) is 3.48. The molecule has 4 rings (SSSR count). The third-order valence-electron chi connectivity index (χ3n) is 4.89. The molecule has 29 heavy (non-hydrogen) atoms. The zero-order valence-corrected chi connectivity index (χ0v) is 17.2. The number of rotatable bonds is 5. The van der Waals surface area contributed by atoms with E-state index in [1.165, 1.54) is 6.21 Å². The molecule has 0 bridgehead atoms. The van der Waals surface area contributed by atoms with Gasteiger partial charge in [-0.25, -0.2) is 4.83 Å². The van der Waals surface area contributed by atoms with Gasteiger partial charge in [-0.05, 0) is 35.0 Å². The van der Waals surface area contributed by atoms with Gasteiger partial charge in [-0.2, -0.15) is 13.5 Å². The molecule has 1 saturated heterocycles. The van der Waals surface area contributed by atoms with Crippen LogP contribution in [0.5, 0.6) is 0 Å². The number of benzene rings is 3. The fourth-order valence-corrected chi connectivity index (χ4v) is 4.43. The van der Waals surface area contributed by atoms with Crippen LogP contribution in [0.1, 0.15) is 5.56 Å². The van der Waals surface area contributed by atoms with Gasteiger partial charge in [0.15, 0.2) is 0 Å². The minimum absolute atomic E-state index is 0.162. The van der Waals surface area contributed by atoms with Crippen molar-refractivity contribution in [3.8, 4) is 0 Å². The molecular formula is C21H21ClN4O2S. The Morgan fingerprint density at radius 3 is 2.55 bits per heavy atom. The molecular weight excluding hydrogens is 408 g/mol. The van der Waals surface area contributed by atoms with Gasteiger partial charge in [0, 0.05) is 37.4 Å². The van der Waals surface area contributed by atoms with Crippen molar-refractivity contribution in [2.24, 2.45) is 5.10 Å².